The van der Waals surface area contributed by atoms with Crippen molar-refractivity contribution in [2.75, 3.05) is 19.8 Å². The van der Waals surface area contributed by atoms with Crippen molar-refractivity contribution >= 4 is 29.9 Å². The predicted octanol–water partition coefficient (Wildman–Crippen LogP) is 3.57. The minimum atomic E-state index is 0. The lowest BCUT2D eigenvalue weighted by atomic mass is 9.57. The highest BCUT2D eigenvalue weighted by molar-refractivity contribution is 14.0. The van der Waals surface area contributed by atoms with E-state index < -0.39 is 0 Å². The minimum absolute atomic E-state index is 0. The van der Waals surface area contributed by atoms with E-state index in [1.165, 1.54) is 0 Å². The van der Waals surface area contributed by atoms with E-state index in [0.717, 1.165) is 36.8 Å². The Morgan fingerprint density at radius 3 is 2.81 bits per heavy atom. The van der Waals surface area contributed by atoms with E-state index in [4.69, 9.17) is 14.5 Å². The molecule has 1 heterocycles. The average Bonchev–Trinajstić information content (AvgIpc) is 3.06. The third-order valence-electron chi connectivity index (χ3n) is 5.42. The van der Waals surface area contributed by atoms with Gasteiger partial charge < -0.3 is 20.1 Å². The lowest BCUT2D eigenvalue weighted by Crippen LogP contribution is -2.67. The molecule has 2 aliphatic rings. The van der Waals surface area contributed by atoms with Crippen LogP contribution in [-0.4, -0.2) is 37.9 Å². The highest BCUT2D eigenvalue weighted by Crippen LogP contribution is 2.52. The summed E-state index contributed by atoms with van der Waals surface area (Å²) in [6, 6.07) is 8.51. The number of ether oxygens (including phenoxy) is 2. The van der Waals surface area contributed by atoms with Gasteiger partial charge in [-0.05, 0) is 26.3 Å². The molecule has 2 N–H and O–H groups in total. The molecule has 1 aliphatic carbocycles. The van der Waals surface area contributed by atoms with E-state index in [1.807, 2.05) is 25.1 Å². The molecule has 2 fully saturated rings. The van der Waals surface area contributed by atoms with E-state index in [-0.39, 0.29) is 29.4 Å². The van der Waals surface area contributed by atoms with Crippen LogP contribution in [0.25, 0.3) is 0 Å². The van der Waals surface area contributed by atoms with Gasteiger partial charge in [0.1, 0.15) is 5.75 Å². The zero-order valence-electron chi connectivity index (χ0n) is 16.2. The Balaban J connectivity index is 0.00000243. The molecule has 26 heavy (non-hydrogen) atoms. The first-order valence-electron chi connectivity index (χ1n) is 9.45. The number of hydrogen-bond donors (Lipinski definition) is 2. The number of rotatable bonds is 6. The third-order valence-corrected chi connectivity index (χ3v) is 5.42. The number of halogens is 1. The molecule has 6 heteroatoms. The predicted molar refractivity (Wildman–Crippen MR) is 116 cm³/mol. The van der Waals surface area contributed by atoms with E-state index in [0.29, 0.717) is 31.2 Å². The summed E-state index contributed by atoms with van der Waals surface area (Å²) >= 11 is 0. The summed E-state index contributed by atoms with van der Waals surface area (Å²) in [5.74, 6) is 2.38. The molecule has 3 atom stereocenters. The van der Waals surface area contributed by atoms with Crippen LogP contribution in [0.5, 0.6) is 5.75 Å². The fourth-order valence-electron chi connectivity index (χ4n) is 4.18. The van der Waals surface area contributed by atoms with Crippen molar-refractivity contribution in [3.63, 3.8) is 0 Å². The summed E-state index contributed by atoms with van der Waals surface area (Å²) in [7, 11) is 0. The molecule has 1 saturated carbocycles. The van der Waals surface area contributed by atoms with Gasteiger partial charge in [0.05, 0.1) is 19.3 Å². The van der Waals surface area contributed by atoms with Crippen LogP contribution in [0.3, 0.4) is 0 Å². The van der Waals surface area contributed by atoms with E-state index in [1.54, 1.807) is 0 Å². The van der Waals surface area contributed by atoms with Gasteiger partial charge in [0, 0.05) is 36.1 Å². The largest absolute Gasteiger partial charge is 0.494 e. The summed E-state index contributed by atoms with van der Waals surface area (Å²) in [4.78, 5) is 4.80. The van der Waals surface area contributed by atoms with Gasteiger partial charge in [-0.15, -0.1) is 24.0 Å². The summed E-state index contributed by atoms with van der Waals surface area (Å²) < 4.78 is 11.6. The number of para-hydroxylation sites is 1. The standard InChI is InChI=1S/C20H31N3O2.HI/c1-5-21-19(22-13-14-9-7-8-10-16(14)24-6-2)23-17-15-11-12-25-18(15)20(17,3)4;/h7-10,15,17-18H,5-6,11-13H2,1-4H3,(H2,21,22,23);1H. The van der Waals surface area contributed by atoms with Crippen molar-refractivity contribution in [3.05, 3.63) is 29.8 Å². The van der Waals surface area contributed by atoms with Gasteiger partial charge in [-0.1, -0.05) is 32.0 Å². The lowest BCUT2D eigenvalue weighted by Gasteiger charge is -2.54. The first-order valence-corrected chi connectivity index (χ1v) is 9.45. The second kappa shape index (κ2) is 9.26. The van der Waals surface area contributed by atoms with E-state index in [2.05, 4.69) is 37.5 Å². The van der Waals surface area contributed by atoms with Crippen molar-refractivity contribution in [3.8, 4) is 5.75 Å². The fraction of sp³-hybridized carbons (Fsp3) is 0.650. The topological polar surface area (TPSA) is 54.9 Å². The number of hydrogen-bond acceptors (Lipinski definition) is 3. The van der Waals surface area contributed by atoms with Crippen molar-refractivity contribution in [2.24, 2.45) is 16.3 Å². The zero-order valence-corrected chi connectivity index (χ0v) is 18.6. The molecule has 1 aromatic rings. The molecular formula is C20H32IN3O2. The van der Waals surface area contributed by atoms with Crippen LogP contribution < -0.4 is 15.4 Å². The van der Waals surface area contributed by atoms with Crippen molar-refractivity contribution in [1.29, 1.82) is 0 Å². The van der Waals surface area contributed by atoms with Gasteiger partial charge in [0.15, 0.2) is 5.96 Å². The summed E-state index contributed by atoms with van der Waals surface area (Å²) in [6.07, 6.45) is 1.52. The first-order chi connectivity index (χ1) is 12.1. The van der Waals surface area contributed by atoms with E-state index in [9.17, 15) is 0 Å². The Kier molecular flexibility index (Phi) is 7.58. The maximum Gasteiger partial charge on any atom is 0.191 e. The van der Waals surface area contributed by atoms with Crippen molar-refractivity contribution < 1.29 is 9.47 Å². The maximum absolute atomic E-state index is 5.89. The normalized spacial score (nSPS) is 26.3. The Hall–Kier alpha value is -1.02. The zero-order chi connectivity index (χ0) is 17.9. The van der Waals surface area contributed by atoms with Crippen LogP contribution in [0.15, 0.2) is 29.3 Å². The molecule has 146 valence electrons. The Labute approximate surface area is 174 Å². The minimum Gasteiger partial charge on any atom is -0.494 e. The highest BCUT2D eigenvalue weighted by atomic mass is 127. The molecule has 0 amide bonds. The Morgan fingerprint density at radius 2 is 2.08 bits per heavy atom. The summed E-state index contributed by atoms with van der Waals surface area (Å²) in [5.41, 5.74) is 1.25. The SMILES string of the molecule is CCNC(=NCc1ccccc1OCC)NC1C2CCOC2C1(C)C.I. The quantitative estimate of drug-likeness (QED) is 0.377. The number of nitrogens with one attached hydrogen (secondary N) is 2. The second-order valence-corrected chi connectivity index (χ2v) is 7.42. The highest BCUT2D eigenvalue weighted by Gasteiger charge is 2.59. The first kappa shape index (κ1) is 21.3. The molecule has 3 unspecified atom stereocenters. The Bertz CT molecular complexity index is 621. The molecule has 5 nitrogen and oxygen atoms in total. The summed E-state index contributed by atoms with van der Waals surface area (Å²) in [5, 5.41) is 7.03. The third kappa shape index (κ3) is 4.27. The molecule has 3 rings (SSSR count). The molecular weight excluding hydrogens is 441 g/mol. The summed E-state index contributed by atoms with van der Waals surface area (Å²) in [6.45, 7) is 11.7. The van der Waals surface area contributed by atoms with Crippen LogP contribution in [-0.2, 0) is 11.3 Å². The smallest absolute Gasteiger partial charge is 0.191 e. The molecule has 0 spiro atoms. The molecule has 1 aromatic carbocycles. The van der Waals surface area contributed by atoms with Gasteiger partial charge in [-0.3, -0.25) is 0 Å². The lowest BCUT2D eigenvalue weighted by molar-refractivity contribution is -0.106. The van der Waals surface area contributed by atoms with Gasteiger partial charge in [-0.25, -0.2) is 4.99 Å². The van der Waals surface area contributed by atoms with Crippen LogP contribution in [0.1, 0.15) is 39.7 Å². The fourth-order valence-corrected chi connectivity index (χ4v) is 4.18. The van der Waals surface area contributed by atoms with Crippen LogP contribution >= 0.6 is 24.0 Å². The monoisotopic (exact) mass is 473 g/mol. The Morgan fingerprint density at radius 1 is 1.31 bits per heavy atom. The van der Waals surface area contributed by atoms with Crippen LogP contribution in [0.4, 0.5) is 0 Å². The number of guanidine groups is 1. The number of aliphatic imine (C=N–C) groups is 1. The van der Waals surface area contributed by atoms with Crippen LogP contribution in [0, 0.1) is 11.3 Å². The van der Waals surface area contributed by atoms with E-state index >= 15 is 0 Å². The van der Waals surface area contributed by atoms with Crippen molar-refractivity contribution in [2.45, 2.75) is 52.8 Å². The van der Waals surface area contributed by atoms with Gasteiger partial charge in [-0.2, -0.15) is 0 Å². The van der Waals surface area contributed by atoms with Gasteiger partial charge in [0.25, 0.3) is 0 Å². The second-order valence-electron chi connectivity index (χ2n) is 7.42. The van der Waals surface area contributed by atoms with Crippen LogP contribution in [0.2, 0.25) is 0 Å². The van der Waals surface area contributed by atoms with Crippen molar-refractivity contribution in [1.82, 2.24) is 10.6 Å². The molecule has 1 saturated heterocycles. The van der Waals surface area contributed by atoms with Gasteiger partial charge >= 0.3 is 0 Å². The molecule has 1 aliphatic heterocycles. The average molecular weight is 473 g/mol. The maximum atomic E-state index is 5.89. The van der Waals surface area contributed by atoms with Gasteiger partial charge in [0.2, 0.25) is 0 Å². The number of benzene rings is 1. The number of fused-ring (bicyclic) bond motifs is 1. The number of nitrogens with zero attached hydrogens (tertiary/aromatic N) is 1. The molecule has 0 radical (unpaired) electrons. The molecule has 0 aromatic heterocycles. The molecule has 0 bridgehead atoms.